The molecule has 0 spiro atoms. The summed E-state index contributed by atoms with van der Waals surface area (Å²) in [5.41, 5.74) is 1.80. The molecule has 140 valence electrons. The Morgan fingerprint density at radius 3 is 2.44 bits per heavy atom. The maximum Gasteiger partial charge on any atom is 0.196 e. The van der Waals surface area contributed by atoms with Gasteiger partial charge in [-0.05, 0) is 55.7 Å². The molecule has 0 amide bonds. The van der Waals surface area contributed by atoms with Gasteiger partial charge in [0.1, 0.15) is 5.82 Å². The number of aromatic nitrogens is 4. The van der Waals surface area contributed by atoms with Crippen LogP contribution in [0.2, 0.25) is 0 Å². The number of hydrogen-bond acceptors (Lipinski definition) is 4. The Morgan fingerprint density at radius 2 is 1.70 bits per heavy atom. The molecular weight excluding hydrogens is 361 g/mol. The van der Waals surface area contributed by atoms with Crippen molar-refractivity contribution in [2.75, 3.05) is 25.4 Å². The van der Waals surface area contributed by atoms with Crippen LogP contribution < -0.4 is 4.90 Å². The largest absolute Gasteiger partial charge is 0.334 e. The van der Waals surface area contributed by atoms with Gasteiger partial charge in [0.25, 0.3) is 0 Å². The standard InChI is InChI=1S/C20H22FN5S/c21-17-4-6-18(7-5-17)26-19(16-8-10-22-11-9-16)23-24-20(26)27-15-14-25-12-2-1-3-13-25/h4-11H,1-3,12-15H2/p+1. The molecule has 0 aliphatic carbocycles. The number of rotatable bonds is 6. The van der Waals surface area contributed by atoms with E-state index in [0.29, 0.717) is 0 Å². The maximum absolute atomic E-state index is 13.4. The van der Waals surface area contributed by atoms with Crippen LogP contribution in [0.15, 0.2) is 53.9 Å². The molecule has 27 heavy (non-hydrogen) atoms. The Balaban J connectivity index is 1.59. The summed E-state index contributed by atoms with van der Waals surface area (Å²) in [5.74, 6) is 1.49. The highest BCUT2D eigenvalue weighted by Crippen LogP contribution is 2.27. The van der Waals surface area contributed by atoms with Gasteiger partial charge >= 0.3 is 0 Å². The first-order valence-corrected chi connectivity index (χ1v) is 10.4. The van der Waals surface area contributed by atoms with Crippen LogP contribution >= 0.6 is 11.8 Å². The summed E-state index contributed by atoms with van der Waals surface area (Å²) in [4.78, 5) is 5.75. The van der Waals surface area contributed by atoms with E-state index < -0.39 is 0 Å². The zero-order chi connectivity index (χ0) is 18.5. The Bertz CT molecular complexity index is 860. The smallest absolute Gasteiger partial charge is 0.196 e. The topological polar surface area (TPSA) is 48.0 Å². The van der Waals surface area contributed by atoms with Gasteiger partial charge in [-0.15, -0.1) is 10.2 Å². The highest BCUT2D eigenvalue weighted by atomic mass is 32.2. The summed E-state index contributed by atoms with van der Waals surface area (Å²) < 4.78 is 15.4. The number of nitrogens with one attached hydrogen (secondary N) is 1. The predicted molar refractivity (Wildman–Crippen MR) is 105 cm³/mol. The molecule has 1 N–H and O–H groups in total. The van der Waals surface area contributed by atoms with Crippen LogP contribution in [0.25, 0.3) is 17.1 Å². The fourth-order valence-electron chi connectivity index (χ4n) is 3.46. The van der Waals surface area contributed by atoms with Crippen LogP contribution in [0.5, 0.6) is 0 Å². The predicted octanol–water partition coefficient (Wildman–Crippen LogP) is 2.63. The number of halogens is 1. The third-order valence-electron chi connectivity index (χ3n) is 4.90. The quantitative estimate of drug-likeness (QED) is 0.664. The number of thioether (sulfide) groups is 1. The molecule has 5 nitrogen and oxygen atoms in total. The fourth-order valence-corrected chi connectivity index (χ4v) is 4.46. The second-order valence-corrected chi connectivity index (χ2v) is 7.83. The van der Waals surface area contributed by atoms with Crippen molar-refractivity contribution in [3.05, 3.63) is 54.6 Å². The first kappa shape index (κ1) is 18.1. The van der Waals surface area contributed by atoms with Gasteiger partial charge in [-0.3, -0.25) is 9.55 Å². The fraction of sp³-hybridized carbons (Fsp3) is 0.350. The van der Waals surface area contributed by atoms with Crippen molar-refractivity contribution in [1.82, 2.24) is 19.7 Å². The highest BCUT2D eigenvalue weighted by molar-refractivity contribution is 7.99. The summed E-state index contributed by atoms with van der Waals surface area (Å²) in [6.07, 6.45) is 7.51. The summed E-state index contributed by atoms with van der Waals surface area (Å²) in [5, 5.41) is 9.68. The van der Waals surface area contributed by atoms with Gasteiger partial charge in [0.15, 0.2) is 11.0 Å². The highest BCUT2D eigenvalue weighted by Gasteiger charge is 2.18. The lowest BCUT2D eigenvalue weighted by atomic mass is 10.1. The molecule has 1 aliphatic heterocycles. The minimum atomic E-state index is -0.250. The molecule has 1 aliphatic rings. The third kappa shape index (κ3) is 4.36. The molecule has 1 aromatic carbocycles. The van der Waals surface area contributed by atoms with Crippen molar-refractivity contribution >= 4 is 11.8 Å². The zero-order valence-electron chi connectivity index (χ0n) is 15.1. The Hall–Kier alpha value is -2.25. The van der Waals surface area contributed by atoms with Crippen molar-refractivity contribution in [1.29, 1.82) is 0 Å². The van der Waals surface area contributed by atoms with Gasteiger partial charge in [0.2, 0.25) is 0 Å². The van der Waals surface area contributed by atoms with E-state index in [9.17, 15) is 4.39 Å². The van der Waals surface area contributed by atoms with E-state index in [-0.39, 0.29) is 5.82 Å². The lowest BCUT2D eigenvalue weighted by molar-refractivity contribution is -0.902. The minimum absolute atomic E-state index is 0.250. The number of quaternary nitrogens is 1. The van der Waals surface area contributed by atoms with Crippen LogP contribution in [-0.2, 0) is 0 Å². The number of hydrogen-bond donors (Lipinski definition) is 1. The maximum atomic E-state index is 13.4. The SMILES string of the molecule is Fc1ccc(-n2c(SCC[NH+]3CCCCC3)nnc2-c2ccncc2)cc1. The van der Waals surface area contributed by atoms with Gasteiger partial charge in [0, 0.05) is 23.6 Å². The first-order valence-electron chi connectivity index (χ1n) is 9.39. The average molecular weight is 385 g/mol. The molecule has 3 heterocycles. The Kier molecular flexibility index (Phi) is 5.79. The molecule has 0 bridgehead atoms. The molecule has 1 saturated heterocycles. The summed E-state index contributed by atoms with van der Waals surface area (Å²) in [6.45, 7) is 3.67. The van der Waals surface area contributed by atoms with E-state index in [4.69, 9.17) is 0 Å². The van der Waals surface area contributed by atoms with Crippen LogP contribution in [0, 0.1) is 5.82 Å². The molecule has 0 saturated carbocycles. The molecule has 2 aromatic heterocycles. The molecule has 0 radical (unpaired) electrons. The first-order chi connectivity index (χ1) is 13.3. The number of likely N-dealkylation sites (tertiary alicyclic amines) is 1. The van der Waals surface area contributed by atoms with Crippen molar-refractivity contribution in [3.63, 3.8) is 0 Å². The van der Waals surface area contributed by atoms with Crippen molar-refractivity contribution < 1.29 is 9.29 Å². The molecule has 0 unspecified atom stereocenters. The molecule has 3 aromatic rings. The molecule has 0 atom stereocenters. The molecule has 7 heteroatoms. The summed E-state index contributed by atoms with van der Waals surface area (Å²) in [6, 6.07) is 10.3. The second kappa shape index (κ2) is 8.63. The Labute approximate surface area is 162 Å². The minimum Gasteiger partial charge on any atom is -0.334 e. The van der Waals surface area contributed by atoms with E-state index in [0.717, 1.165) is 34.5 Å². The summed E-state index contributed by atoms with van der Waals surface area (Å²) >= 11 is 1.71. The zero-order valence-corrected chi connectivity index (χ0v) is 16.0. The van der Waals surface area contributed by atoms with E-state index in [1.165, 1.54) is 44.5 Å². The van der Waals surface area contributed by atoms with Gasteiger partial charge in [0.05, 0.1) is 25.4 Å². The van der Waals surface area contributed by atoms with Gasteiger partial charge < -0.3 is 4.90 Å². The molecule has 1 fully saturated rings. The second-order valence-electron chi connectivity index (χ2n) is 6.76. The van der Waals surface area contributed by atoms with Gasteiger partial charge in [-0.1, -0.05) is 11.8 Å². The van der Waals surface area contributed by atoms with Crippen LogP contribution in [0.3, 0.4) is 0 Å². The lowest BCUT2D eigenvalue weighted by Crippen LogP contribution is -3.13. The van der Waals surface area contributed by atoms with Crippen LogP contribution in [0.1, 0.15) is 19.3 Å². The normalized spacial score (nSPS) is 15.1. The van der Waals surface area contributed by atoms with E-state index in [1.807, 2.05) is 16.7 Å². The molecule has 4 rings (SSSR count). The summed E-state index contributed by atoms with van der Waals surface area (Å²) in [7, 11) is 0. The lowest BCUT2D eigenvalue weighted by Gasteiger charge is -2.23. The monoisotopic (exact) mass is 384 g/mol. The number of benzene rings is 1. The van der Waals surface area contributed by atoms with Crippen molar-refractivity contribution in [3.8, 4) is 17.1 Å². The van der Waals surface area contributed by atoms with Crippen molar-refractivity contribution in [2.24, 2.45) is 0 Å². The molecular formula is C20H23FN5S+. The number of piperidine rings is 1. The van der Waals surface area contributed by atoms with Gasteiger partial charge in [-0.25, -0.2) is 4.39 Å². The average Bonchev–Trinajstić information content (AvgIpc) is 3.14. The van der Waals surface area contributed by atoms with Crippen molar-refractivity contribution in [2.45, 2.75) is 24.4 Å². The number of nitrogens with zero attached hydrogens (tertiary/aromatic N) is 4. The Morgan fingerprint density at radius 1 is 0.963 bits per heavy atom. The van der Waals surface area contributed by atoms with Crippen LogP contribution in [0.4, 0.5) is 4.39 Å². The van der Waals surface area contributed by atoms with E-state index in [1.54, 1.807) is 41.2 Å². The van der Waals surface area contributed by atoms with Crippen LogP contribution in [-0.4, -0.2) is 45.1 Å². The third-order valence-corrected chi connectivity index (χ3v) is 5.83. The van der Waals surface area contributed by atoms with E-state index in [2.05, 4.69) is 15.2 Å². The number of pyridine rings is 1. The van der Waals surface area contributed by atoms with E-state index >= 15 is 0 Å². The van der Waals surface area contributed by atoms with Gasteiger partial charge in [-0.2, -0.15) is 0 Å².